The molecule has 0 amide bonds. The molecule has 3 aromatic rings. The van der Waals surface area contributed by atoms with Crippen molar-refractivity contribution in [3.05, 3.63) is 71.3 Å². The van der Waals surface area contributed by atoms with Gasteiger partial charge in [-0.15, -0.1) is 0 Å². The van der Waals surface area contributed by atoms with Gasteiger partial charge < -0.3 is 19.3 Å². The van der Waals surface area contributed by atoms with E-state index in [0.717, 1.165) is 74.9 Å². The number of ether oxygens (including phenoxy) is 1. The minimum absolute atomic E-state index is 0.313. The second-order valence-corrected chi connectivity index (χ2v) is 10.4. The largest absolute Gasteiger partial charge is 0.390 e. The van der Waals surface area contributed by atoms with Crippen LogP contribution in [0.5, 0.6) is 0 Å². The van der Waals surface area contributed by atoms with Crippen LogP contribution in [0.25, 0.3) is 11.3 Å². The maximum Gasteiger partial charge on any atom is 0.232 e. The number of aliphatic hydroxyl groups is 1. The Bertz CT molecular complexity index is 1130. The Balaban J connectivity index is 1.41. The number of morpholine rings is 1. The van der Waals surface area contributed by atoms with Crippen molar-refractivity contribution in [2.24, 2.45) is 0 Å². The minimum Gasteiger partial charge on any atom is -0.390 e. The Kier molecular flexibility index (Phi) is 8.56. The highest BCUT2D eigenvalue weighted by Crippen LogP contribution is 2.35. The lowest BCUT2D eigenvalue weighted by molar-refractivity contribution is 0.00253. The van der Waals surface area contributed by atoms with E-state index in [2.05, 4.69) is 70.1 Å². The summed E-state index contributed by atoms with van der Waals surface area (Å²) in [5.74, 6) is 0.851. The third-order valence-electron chi connectivity index (χ3n) is 7.83. The van der Waals surface area contributed by atoms with Gasteiger partial charge in [0.25, 0.3) is 0 Å². The molecule has 7 heteroatoms. The molecule has 0 radical (unpaired) electrons. The van der Waals surface area contributed by atoms with E-state index in [1.54, 1.807) is 0 Å². The summed E-state index contributed by atoms with van der Waals surface area (Å²) >= 11 is 0. The molecule has 198 valence electrons. The van der Waals surface area contributed by atoms with E-state index in [9.17, 15) is 5.11 Å². The van der Waals surface area contributed by atoms with Crippen LogP contribution in [-0.2, 0) is 24.2 Å². The Labute approximate surface area is 220 Å². The molecular formula is C30H40N4O3. The summed E-state index contributed by atoms with van der Waals surface area (Å²) in [4.78, 5) is 7.02. The van der Waals surface area contributed by atoms with Crippen LogP contribution >= 0.6 is 0 Å². The molecule has 0 saturated carbocycles. The second kappa shape index (κ2) is 12.2. The average Bonchev–Trinajstić information content (AvgIpc) is 3.36. The van der Waals surface area contributed by atoms with Crippen LogP contribution in [-0.4, -0.2) is 78.1 Å². The number of fused-ring (bicyclic) bond motifs is 1. The first kappa shape index (κ1) is 25.9. The lowest BCUT2D eigenvalue weighted by Gasteiger charge is -2.34. The maximum absolute atomic E-state index is 11.1. The van der Waals surface area contributed by atoms with Crippen LogP contribution in [0.4, 0.5) is 5.88 Å². The lowest BCUT2D eigenvalue weighted by Crippen LogP contribution is -2.46. The van der Waals surface area contributed by atoms with E-state index < -0.39 is 6.10 Å². The molecule has 1 N–H and O–H groups in total. The third-order valence-corrected chi connectivity index (χ3v) is 7.83. The topological polar surface area (TPSA) is 65.2 Å². The van der Waals surface area contributed by atoms with Gasteiger partial charge in [0.15, 0.2) is 0 Å². The fourth-order valence-corrected chi connectivity index (χ4v) is 5.46. The lowest BCUT2D eigenvalue weighted by atomic mass is 9.99. The molecule has 0 aliphatic carbocycles. The normalized spacial score (nSPS) is 18.1. The van der Waals surface area contributed by atoms with Gasteiger partial charge in [0.05, 0.1) is 24.9 Å². The first-order chi connectivity index (χ1) is 18.1. The van der Waals surface area contributed by atoms with E-state index >= 15 is 0 Å². The highest BCUT2D eigenvalue weighted by Gasteiger charge is 2.29. The highest BCUT2D eigenvalue weighted by molar-refractivity contribution is 5.68. The van der Waals surface area contributed by atoms with Gasteiger partial charge in [-0.2, -0.15) is 0 Å². The van der Waals surface area contributed by atoms with E-state index in [1.807, 2.05) is 18.2 Å². The molecule has 1 saturated heterocycles. The predicted octanol–water partition coefficient (Wildman–Crippen LogP) is 4.20. The number of rotatable bonds is 10. The van der Waals surface area contributed by atoms with Gasteiger partial charge in [0, 0.05) is 57.4 Å². The molecule has 0 spiro atoms. The molecule has 3 heterocycles. The molecule has 0 bridgehead atoms. The van der Waals surface area contributed by atoms with Crippen LogP contribution in [0.1, 0.15) is 37.0 Å². The molecule has 37 heavy (non-hydrogen) atoms. The molecule has 7 nitrogen and oxygen atoms in total. The van der Waals surface area contributed by atoms with E-state index in [4.69, 9.17) is 9.26 Å². The van der Waals surface area contributed by atoms with E-state index in [1.165, 1.54) is 11.1 Å². The molecule has 0 unspecified atom stereocenters. The predicted molar refractivity (Wildman–Crippen MR) is 147 cm³/mol. The minimum atomic E-state index is -0.433. The summed E-state index contributed by atoms with van der Waals surface area (Å²) in [6, 6.07) is 19.3. The number of aliphatic hydroxyl groups excluding tert-OH is 1. The number of hydrogen-bond acceptors (Lipinski definition) is 7. The Morgan fingerprint density at radius 1 is 1.00 bits per heavy atom. The van der Waals surface area contributed by atoms with E-state index in [0.29, 0.717) is 25.7 Å². The summed E-state index contributed by atoms with van der Waals surface area (Å²) < 4.78 is 11.6. The van der Waals surface area contributed by atoms with Gasteiger partial charge in [0.2, 0.25) is 5.88 Å². The molecule has 1 aromatic heterocycles. The number of benzene rings is 2. The summed E-state index contributed by atoms with van der Waals surface area (Å²) in [7, 11) is 0. The first-order valence-corrected chi connectivity index (χ1v) is 13.7. The van der Waals surface area contributed by atoms with E-state index in [-0.39, 0.29) is 0 Å². The van der Waals surface area contributed by atoms with Crippen LogP contribution in [0.2, 0.25) is 0 Å². The summed E-state index contributed by atoms with van der Waals surface area (Å²) in [5.41, 5.74) is 5.81. The fraction of sp³-hybridized carbons (Fsp3) is 0.500. The number of aromatic nitrogens is 1. The smallest absolute Gasteiger partial charge is 0.232 e. The van der Waals surface area contributed by atoms with Crippen molar-refractivity contribution in [3.8, 4) is 11.3 Å². The van der Waals surface area contributed by atoms with Crippen LogP contribution in [0.3, 0.4) is 0 Å². The summed E-state index contributed by atoms with van der Waals surface area (Å²) in [6.07, 6.45) is 1.56. The molecule has 2 aliphatic heterocycles. The number of β-amino-alcohol motifs (C(OH)–C–C–N with tert-alkyl or cyclic N) is 1. The van der Waals surface area contributed by atoms with Gasteiger partial charge in [-0.05, 0) is 30.9 Å². The van der Waals surface area contributed by atoms with Gasteiger partial charge in [0.1, 0.15) is 5.69 Å². The van der Waals surface area contributed by atoms with Crippen molar-refractivity contribution in [1.29, 1.82) is 0 Å². The number of anilines is 1. The molecule has 2 aromatic carbocycles. The van der Waals surface area contributed by atoms with Gasteiger partial charge in [-0.1, -0.05) is 66.7 Å². The molecule has 5 rings (SSSR count). The summed E-state index contributed by atoms with van der Waals surface area (Å²) in [6.45, 7) is 11.4. The molecule has 2 aliphatic rings. The number of hydrogen-bond donors (Lipinski definition) is 1. The van der Waals surface area contributed by atoms with Crippen LogP contribution < -0.4 is 4.90 Å². The van der Waals surface area contributed by atoms with Crippen LogP contribution in [0, 0.1) is 0 Å². The van der Waals surface area contributed by atoms with Crippen molar-refractivity contribution in [1.82, 2.24) is 15.0 Å². The van der Waals surface area contributed by atoms with Crippen molar-refractivity contribution < 1.29 is 14.4 Å². The van der Waals surface area contributed by atoms with Gasteiger partial charge in [-0.25, -0.2) is 0 Å². The zero-order chi connectivity index (χ0) is 25.6. The molecule has 2 atom stereocenters. The zero-order valence-corrected chi connectivity index (χ0v) is 22.2. The van der Waals surface area contributed by atoms with Crippen LogP contribution in [0.15, 0.2) is 59.1 Å². The zero-order valence-electron chi connectivity index (χ0n) is 22.2. The monoisotopic (exact) mass is 504 g/mol. The maximum atomic E-state index is 11.1. The Morgan fingerprint density at radius 3 is 2.49 bits per heavy atom. The first-order valence-electron chi connectivity index (χ1n) is 13.7. The quantitative estimate of drug-likeness (QED) is 0.444. The average molecular weight is 505 g/mol. The highest BCUT2D eigenvalue weighted by atomic mass is 16.5. The van der Waals surface area contributed by atoms with Gasteiger partial charge >= 0.3 is 0 Å². The van der Waals surface area contributed by atoms with Crippen molar-refractivity contribution in [2.45, 2.75) is 51.9 Å². The molecular weight excluding hydrogens is 464 g/mol. The van der Waals surface area contributed by atoms with Gasteiger partial charge in [-0.3, -0.25) is 9.80 Å². The Morgan fingerprint density at radius 2 is 1.73 bits per heavy atom. The van der Waals surface area contributed by atoms with Crippen molar-refractivity contribution in [2.75, 3.05) is 50.8 Å². The van der Waals surface area contributed by atoms with Crippen molar-refractivity contribution >= 4 is 5.88 Å². The van der Waals surface area contributed by atoms with Crippen molar-refractivity contribution in [3.63, 3.8) is 0 Å². The number of nitrogens with zero attached hydrogens (tertiary/aromatic N) is 4. The SMILES string of the molecule is CC[C@@H](C)N(Cc1c(-c2ccccc2)noc1N1CCc2ccccc2C1)C[C@@H](O)CN1CCOCC1. The molecule has 1 fully saturated rings. The standard InChI is InChI=1S/C30H40N4O3/c1-3-23(2)34(21-27(35)20-32-15-17-36-18-16-32)22-28-29(25-10-5-4-6-11-25)31-37-30(28)33-14-13-24-9-7-8-12-26(24)19-33/h4-12,23,27,35H,3,13-22H2,1-2H3/t23-,27+/m1/s1. The summed E-state index contributed by atoms with van der Waals surface area (Å²) in [5, 5.41) is 15.7. The second-order valence-electron chi connectivity index (χ2n) is 10.4. The fourth-order valence-electron chi connectivity index (χ4n) is 5.46. The Hall–Kier alpha value is -2.71. The third kappa shape index (κ3) is 6.24.